The summed E-state index contributed by atoms with van der Waals surface area (Å²) in [5.74, 6) is -1.59. The lowest BCUT2D eigenvalue weighted by Gasteiger charge is -2.27. The molecule has 2 amide bonds. The topological polar surface area (TPSA) is 95.9 Å². The molecule has 0 heterocycles. The minimum absolute atomic E-state index is 0.107. The van der Waals surface area contributed by atoms with Crippen molar-refractivity contribution in [2.75, 3.05) is 13.2 Å². The van der Waals surface area contributed by atoms with E-state index in [-0.39, 0.29) is 24.5 Å². The van der Waals surface area contributed by atoms with E-state index >= 15 is 0 Å². The molecule has 0 spiro atoms. The van der Waals surface area contributed by atoms with Crippen LogP contribution in [-0.4, -0.2) is 53.2 Å². The molecule has 0 aromatic heterocycles. The van der Waals surface area contributed by atoms with E-state index in [1.165, 1.54) is 0 Å². The Morgan fingerprint density at radius 3 is 2.21 bits per heavy atom. The first-order chi connectivity index (χ1) is 16.0. The van der Waals surface area contributed by atoms with Crippen LogP contribution in [0.4, 0.5) is 4.79 Å². The predicted octanol–water partition coefficient (Wildman–Crippen LogP) is 4.16. The molecule has 2 aromatic rings. The summed E-state index contributed by atoms with van der Waals surface area (Å²) in [4.78, 5) is 38.8. The summed E-state index contributed by atoms with van der Waals surface area (Å²) in [5, 5.41) is 11.8. The Bertz CT molecular complexity index is 987. The molecule has 0 saturated heterocycles. The van der Waals surface area contributed by atoms with Crippen molar-refractivity contribution in [2.24, 2.45) is 0 Å². The van der Waals surface area contributed by atoms with Gasteiger partial charge in [-0.1, -0.05) is 61.9 Å². The number of aliphatic carboxylic acids is 1. The summed E-state index contributed by atoms with van der Waals surface area (Å²) in [5.41, 5.74) is 4.42. The summed E-state index contributed by atoms with van der Waals surface area (Å²) in [6, 6.07) is 15.1. The lowest BCUT2D eigenvalue weighted by molar-refractivity contribution is -0.142. The van der Waals surface area contributed by atoms with Crippen molar-refractivity contribution in [1.82, 2.24) is 10.2 Å². The van der Waals surface area contributed by atoms with Crippen LogP contribution < -0.4 is 5.32 Å². The molecule has 2 aromatic carbocycles. The zero-order valence-corrected chi connectivity index (χ0v) is 18.8. The molecule has 7 nitrogen and oxygen atoms in total. The molecule has 33 heavy (non-hydrogen) atoms. The Hall–Kier alpha value is -3.35. The van der Waals surface area contributed by atoms with Gasteiger partial charge in [-0.05, 0) is 41.5 Å². The average molecular weight is 451 g/mol. The third-order valence-corrected chi connectivity index (χ3v) is 6.34. The van der Waals surface area contributed by atoms with E-state index in [1.54, 1.807) is 4.90 Å². The number of carbonyl (C=O) groups excluding carboxylic acids is 2. The number of alkyl carbamates (subject to hydrolysis) is 1. The maximum Gasteiger partial charge on any atom is 0.407 e. The number of unbranched alkanes of at least 4 members (excludes halogenated alkanes) is 1. The Kier molecular flexibility index (Phi) is 6.96. The number of hydrogen-bond acceptors (Lipinski definition) is 4. The van der Waals surface area contributed by atoms with Gasteiger partial charge in [0.25, 0.3) is 0 Å². The van der Waals surface area contributed by atoms with Crippen molar-refractivity contribution in [3.63, 3.8) is 0 Å². The molecule has 1 saturated carbocycles. The van der Waals surface area contributed by atoms with Crippen molar-refractivity contribution in [2.45, 2.75) is 57.0 Å². The zero-order valence-electron chi connectivity index (χ0n) is 18.8. The average Bonchev–Trinajstić information content (AvgIpc) is 3.59. The van der Waals surface area contributed by atoms with E-state index in [9.17, 15) is 19.5 Å². The Morgan fingerprint density at radius 1 is 1.06 bits per heavy atom. The third kappa shape index (κ3) is 5.18. The zero-order chi connectivity index (χ0) is 23.4. The van der Waals surface area contributed by atoms with Gasteiger partial charge in [0.1, 0.15) is 12.6 Å². The number of carbonyl (C=O) groups is 3. The number of fused-ring (bicyclic) bond motifs is 3. The number of amides is 2. The molecule has 0 bridgehead atoms. The number of nitrogens with one attached hydrogen (secondary N) is 1. The first-order valence-electron chi connectivity index (χ1n) is 11.6. The molecule has 0 aliphatic heterocycles. The van der Waals surface area contributed by atoms with Gasteiger partial charge in [-0.15, -0.1) is 0 Å². The number of rotatable bonds is 10. The fourth-order valence-electron chi connectivity index (χ4n) is 4.54. The predicted molar refractivity (Wildman–Crippen MR) is 124 cm³/mol. The maximum atomic E-state index is 13.1. The lowest BCUT2D eigenvalue weighted by Crippen LogP contribution is -2.50. The smallest absolute Gasteiger partial charge is 0.407 e. The number of benzene rings is 2. The first kappa shape index (κ1) is 22.8. The van der Waals surface area contributed by atoms with Gasteiger partial charge in [0.2, 0.25) is 5.91 Å². The third-order valence-electron chi connectivity index (χ3n) is 6.34. The van der Waals surface area contributed by atoms with E-state index < -0.39 is 24.5 Å². The van der Waals surface area contributed by atoms with Gasteiger partial charge in [-0.25, -0.2) is 4.79 Å². The summed E-state index contributed by atoms with van der Waals surface area (Å²) in [7, 11) is 0. The minimum Gasteiger partial charge on any atom is -0.481 e. The number of hydrogen-bond donors (Lipinski definition) is 2. The largest absolute Gasteiger partial charge is 0.481 e. The molecular weight excluding hydrogens is 420 g/mol. The molecular formula is C26H30N2O5. The Balaban J connectivity index is 1.43. The van der Waals surface area contributed by atoms with Crippen molar-refractivity contribution in [3.05, 3.63) is 59.7 Å². The van der Waals surface area contributed by atoms with Crippen LogP contribution in [0.1, 0.15) is 56.1 Å². The molecule has 2 aliphatic carbocycles. The van der Waals surface area contributed by atoms with Crippen molar-refractivity contribution in [3.8, 4) is 11.1 Å². The highest BCUT2D eigenvalue weighted by Gasteiger charge is 2.37. The van der Waals surface area contributed by atoms with E-state index in [4.69, 9.17) is 4.74 Å². The van der Waals surface area contributed by atoms with Gasteiger partial charge >= 0.3 is 12.1 Å². The van der Waals surface area contributed by atoms with Crippen LogP contribution in [0.15, 0.2) is 48.5 Å². The van der Waals surface area contributed by atoms with Crippen molar-refractivity contribution < 1.29 is 24.2 Å². The van der Waals surface area contributed by atoms with Gasteiger partial charge in [0.05, 0.1) is 6.42 Å². The minimum atomic E-state index is -1.14. The van der Waals surface area contributed by atoms with Gasteiger partial charge in [0, 0.05) is 18.5 Å². The fraction of sp³-hybridized carbons (Fsp3) is 0.423. The van der Waals surface area contributed by atoms with Crippen molar-refractivity contribution >= 4 is 18.0 Å². The van der Waals surface area contributed by atoms with Crippen LogP contribution in [0.3, 0.4) is 0 Å². The SMILES string of the molecule is CCCCN(C(=O)C(CC(=O)O)NC(=O)OCC1c2ccccc2-c2ccccc21)C1CC1. The highest BCUT2D eigenvalue weighted by Crippen LogP contribution is 2.44. The second-order valence-corrected chi connectivity index (χ2v) is 8.74. The molecule has 2 N–H and O–H groups in total. The Labute approximate surface area is 193 Å². The summed E-state index contributed by atoms with van der Waals surface area (Å²) >= 11 is 0. The van der Waals surface area contributed by atoms with E-state index in [1.807, 2.05) is 43.3 Å². The summed E-state index contributed by atoms with van der Waals surface area (Å²) < 4.78 is 5.53. The molecule has 1 unspecified atom stereocenters. The lowest BCUT2D eigenvalue weighted by atomic mass is 9.98. The maximum absolute atomic E-state index is 13.1. The quantitative estimate of drug-likeness (QED) is 0.567. The van der Waals surface area contributed by atoms with Crippen molar-refractivity contribution in [1.29, 1.82) is 0 Å². The van der Waals surface area contributed by atoms with E-state index in [0.717, 1.165) is 47.9 Å². The molecule has 7 heteroatoms. The summed E-state index contributed by atoms with van der Waals surface area (Å²) in [6.07, 6.45) is 2.36. The van der Waals surface area contributed by atoms with Crippen LogP contribution in [-0.2, 0) is 14.3 Å². The van der Waals surface area contributed by atoms with Crippen LogP contribution in [0.2, 0.25) is 0 Å². The molecule has 174 valence electrons. The van der Waals surface area contributed by atoms with Gasteiger partial charge in [-0.3, -0.25) is 9.59 Å². The van der Waals surface area contributed by atoms with Crippen LogP contribution in [0, 0.1) is 0 Å². The van der Waals surface area contributed by atoms with E-state index in [0.29, 0.717) is 6.54 Å². The molecule has 2 aliphatic rings. The van der Waals surface area contributed by atoms with Crippen LogP contribution in [0.25, 0.3) is 11.1 Å². The van der Waals surface area contributed by atoms with Gasteiger partial charge in [0.15, 0.2) is 0 Å². The molecule has 1 fully saturated rings. The Morgan fingerprint density at radius 2 is 1.67 bits per heavy atom. The molecule has 4 rings (SSSR count). The highest BCUT2D eigenvalue weighted by molar-refractivity contribution is 5.89. The highest BCUT2D eigenvalue weighted by atomic mass is 16.5. The van der Waals surface area contributed by atoms with Crippen LogP contribution >= 0.6 is 0 Å². The second kappa shape index (κ2) is 10.1. The molecule has 0 radical (unpaired) electrons. The number of carboxylic acid groups (broad SMARTS) is 1. The normalized spacial score (nSPS) is 15.3. The fourth-order valence-corrected chi connectivity index (χ4v) is 4.54. The van der Waals surface area contributed by atoms with Gasteiger partial charge < -0.3 is 20.1 Å². The number of carboxylic acids is 1. The summed E-state index contributed by atoms with van der Waals surface area (Å²) in [6.45, 7) is 2.72. The van der Waals surface area contributed by atoms with E-state index in [2.05, 4.69) is 17.4 Å². The number of nitrogens with zero attached hydrogens (tertiary/aromatic N) is 1. The first-order valence-corrected chi connectivity index (χ1v) is 11.6. The monoisotopic (exact) mass is 450 g/mol. The standard InChI is InChI=1S/C26H30N2O5/c1-2-3-14-28(17-12-13-17)25(31)23(15-24(29)30)27-26(32)33-16-22-20-10-6-4-8-18(20)19-9-5-7-11-21(19)22/h4-11,17,22-23H,2-3,12-16H2,1H3,(H,27,32)(H,29,30). The second-order valence-electron chi connectivity index (χ2n) is 8.74. The molecule has 1 atom stereocenters. The van der Waals surface area contributed by atoms with Crippen LogP contribution in [0.5, 0.6) is 0 Å². The number of ether oxygens (including phenoxy) is 1. The van der Waals surface area contributed by atoms with Gasteiger partial charge in [-0.2, -0.15) is 0 Å².